The number of aryl methyl sites for hydroxylation is 1. The number of likely N-dealkylation sites (N-methyl/N-ethyl adjacent to an activating group) is 1. The van der Waals surface area contributed by atoms with E-state index in [2.05, 4.69) is 50.2 Å². The van der Waals surface area contributed by atoms with Crippen molar-refractivity contribution in [3.63, 3.8) is 0 Å². The number of aromatic amines is 1. The Bertz CT molecular complexity index is 1720. The van der Waals surface area contributed by atoms with Gasteiger partial charge in [0.15, 0.2) is 5.82 Å². The SMILES string of the molecule is CCN(CC)CCNC(=O)c1c(C)[nH]c(/C=C2\C(=O)Nc3cc(NC(=O)C4(C(=O)Nc5cc(C(C)(C)C)on5)CC4)ccc32)c1C. The molecule has 3 aromatic rings. The van der Waals surface area contributed by atoms with Crippen LogP contribution in [0.15, 0.2) is 28.8 Å². The molecule has 1 fully saturated rings. The number of anilines is 3. The van der Waals surface area contributed by atoms with Gasteiger partial charge in [-0.25, -0.2) is 0 Å². The summed E-state index contributed by atoms with van der Waals surface area (Å²) in [5, 5.41) is 15.4. The van der Waals surface area contributed by atoms with E-state index >= 15 is 0 Å². The van der Waals surface area contributed by atoms with Crippen LogP contribution in [0.4, 0.5) is 17.2 Å². The third kappa shape index (κ3) is 6.48. The van der Waals surface area contributed by atoms with Crippen molar-refractivity contribution in [1.82, 2.24) is 20.4 Å². The van der Waals surface area contributed by atoms with Gasteiger partial charge < -0.3 is 35.7 Å². The standard InChI is InChI=1S/C34H43N7O5/c1-8-41(9-2)15-14-35-30(43)28-19(3)24(36-20(28)4)17-23-22-11-10-21(16-25(22)38-29(23)42)37-31(44)34(12-13-34)32(45)39-27-18-26(46-40-27)33(5,6)7/h10-11,16-18,36H,8-9,12-15H2,1-7H3,(H,35,43)(H,37,44)(H,38,42)(H,39,40,45)/b23-17-. The Hall–Kier alpha value is -4.71. The fourth-order valence-corrected chi connectivity index (χ4v) is 5.63. The molecule has 1 aromatic carbocycles. The lowest BCUT2D eigenvalue weighted by molar-refractivity contribution is -0.131. The van der Waals surface area contributed by atoms with Crippen LogP contribution in [-0.2, 0) is 19.8 Å². The molecular formula is C34H43N7O5. The van der Waals surface area contributed by atoms with Gasteiger partial charge in [-0.2, -0.15) is 0 Å². The molecule has 0 saturated heterocycles. The first-order valence-electron chi connectivity index (χ1n) is 15.7. The quantitative estimate of drug-likeness (QED) is 0.150. The number of benzene rings is 1. The topological polar surface area (TPSA) is 161 Å². The van der Waals surface area contributed by atoms with E-state index in [4.69, 9.17) is 4.52 Å². The van der Waals surface area contributed by atoms with Crippen LogP contribution in [0.3, 0.4) is 0 Å². The number of hydrogen-bond acceptors (Lipinski definition) is 7. The highest BCUT2D eigenvalue weighted by Crippen LogP contribution is 2.48. The summed E-state index contributed by atoms with van der Waals surface area (Å²) in [7, 11) is 0. The van der Waals surface area contributed by atoms with Gasteiger partial charge in [0.1, 0.15) is 11.2 Å². The predicted octanol–water partition coefficient (Wildman–Crippen LogP) is 4.84. The number of nitrogens with zero attached hydrogens (tertiary/aromatic N) is 2. The van der Waals surface area contributed by atoms with Gasteiger partial charge >= 0.3 is 0 Å². The normalized spacial score (nSPS) is 15.9. The van der Waals surface area contributed by atoms with Gasteiger partial charge in [-0.15, -0.1) is 0 Å². The summed E-state index contributed by atoms with van der Waals surface area (Å²) >= 11 is 0. The summed E-state index contributed by atoms with van der Waals surface area (Å²) in [5.74, 6) is -0.422. The predicted molar refractivity (Wildman–Crippen MR) is 177 cm³/mol. The lowest BCUT2D eigenvalue weighted by atomic mass is 9.93. The second-order valence-electron chi connectivity index (χ2n) is 13.0. The molecule has 2 aliphatic rings. The molecule has 5 N–H and O–H groups in total. The minimum absolute atomic E-state index is 0.155. The maximum atomic E-state index is 13.3. The highest BCUT2D eigenvalue weighted by atomic mass is 16.5. The molecule has 1 saturated carbocycles. The van der Waals surface area contributed by atoms with Gasteiger partial charge in [0, 0.05) is 47.2 Å². The van der Waals surface area contributed by atoms with Crippen molar-refractivity contribution in [2.24, 2.45) is 5.41 Å². The summed E-state index contributed by atoms with van der Waals surface area (Å²) in [5.41, 5.74) is 3.34. The first-order valence-corrected chi connectivity index (χ1v) is 15.7. The van der Waals surface area contributed by atoms with E-state index in [1.807, 2.05) is 34.6 Å². The highest BCUT2D eigenvalue weighted by molar-refractivity contribution is 6.35. The van der Waals surface area contributed by atoms with E-state index in [0.717, 1.165) is 30.9 Å². The van der Waals surface area contributed by atoms with Gasteiger partial charge in [0.2, 0.25) is 11.8 Å². The fraction of sp³-hybridized carbons (Fsp3) is 0.441. The molecule has 244 valence electrons. The van der Waals surface area contributed by atoms with Gasteiger partial charge in [0.05, 0.1) is 16.8 Å². The Kier molecular flexibility index (Phi) is 8.94. The van der Waals surface area contributed by atoms with Crippen molar-refractivity contribution in [3.8, 4) is 0 Å². The first kappa shape index (κ1) is 32.7. The van der Waals surface area contributed by atoms with Crippen LogP contribution in [0.2, 0.25) is 0 Å². The van der Waals surface area contributed by atoms with Crippen LogP contribution in [0.1, 0.15) is 86.1 Å². The monoisotopic (exact) mass is 629 g/mol. The minimum Gasteiger partial charge on any atom is -0.359 e. The Morgan fingerprint density at radius 1 is 1.07 bits per heavy atom. The molecule has 1 aliphatic carbocycles. The Morgan fingerprint density at radius 3 is 2.39 bits per heavy atom. The zero-order chi connectivity index (χ0) is 33.4. The average Bonchev–Trinajstić information content (AvgIpc) is 3.46. The van der Waals surface area contributed by atoms with E-state index in [1.54, 1.807) is 30.3 Å². The number of amides is 4. The van der Waals surface area contributed by atoms with Crippen LogP contribution < -0.4 is 21.3 Å². The molecule has 3 heterocycles. The van der Waals surface area contributed by atoms with E-state index in [9.17, 15) is 19.2 Å². The summed E-state index contributed by atoms with van der Waals surface area (Å²) in [4.78, 5) is 57.9. The molecule has 5 rings (SSSR count). The second-order valence-corrected chi connectivity index (χ2v) is 13.0. The van der Waals surface area contributed by atoms with Gasteiger partial charge in [-0.3, -0.25) is 19.2 Å². The smallest absolute Gasteiger partial charge is 0.256 e. The van der Waals surface area contributed by atoms with Crippen molar-refractivity contribution in [1.29, 1.82) is 0 Å². The van der Waals surface area contributed by atoms with E-state index in [1.165, 1.54) is 0 Å². The summed E-state index contributed by atoms with van der Waals surface area (Å²) in [6, 6.07) is 6.80. The number of rotatable bonds is 11. The van der Waals surface area contributed by atoms with Crippen molar-refractivity contribution in [2.75, 3.05) is 42.1 Å². The third-order valence-corrected chi connectivity index (χ3v) is 8.77. The van der Waals surface area contributed by atoms with Gasteiger partial charge in [0.25, 0.3) is 11.8 Å². The largest absolute Gasteiger partial charge is 0.359 e. The number of nitrogens with one attached hydrogen (secondary N) is 5. The Labute approximate surface area is 268 Å². The summed E-state index contributed by atoms with van der Waals surface area (Å²) in [6.45, 7) is 17.0. The number of hydrogen-bond donors (Lipinski definition) is 5. The van der Waals surface area contributed by atoms with Crippen LogP contribution in [0.5, 0.6) is 0 Å². The van der Waals surface area contributed by atoms with Crippen molar-refractivity contribution in [3.05, 3.63) is 58.1 Å². The van der Waals surface area contributed by atoms with E-state index in [0.29, 0.717) is 58.9 Å². The van der Waals surface area contributed by atoms with Crippen molar-refractivity contribution in [2.45, 2.75) is 66.7 Å². The highest BCUT2D eigenvalue weighted by Gasteiger charge is 2.56. The Balaban J connectivity index is 1.27. The molecule has 4 amide bonds. The second kappa shape index (κ2) is 12.6. The lowest BCUT2D eigenvalue weighted by Gasteiger charge is -2.18. The van der Waals surface area contributed by atoms with Crippen LogP contribution in [0, 0.1) is 19.3 Å². The molecule has 0 spiro atoms. The zero-order valence-electron chi connectivity index (χ0n) is 27.6. The van der Waals surface area contributed by atoms with Gasteiger partial charge in [-0.1, -0.05) is 45.8 Å². The molecule has 2 aromatic heterocycles. The fourth-order valence-electron chi connectivity index (χ4n) is 5.63. The van der Waals surface area contributed by atoms with Crippen molar-refractivity contribution < 1.29 is 23.7 Å². The van der Waals surface area contributed by atoms with Gasteiger partial charge in [-0.05, 0) is 63.6 Å². The number of carbonyl (C=O) groups excluding carboxylic acids is 4. The Morgan fingerprint density at radius 2 is 1.76 bits per heavy atom. The maximum absolute atomic E-state index is 13.3. The van der Waals surface area contributed by atoms with E-state index < -0.39 is 17.2 Å². The first-order chi connectivity index (χ1) is 21.8. The molecule has 46 heavy (non-hydrogen) atoms. The molecule has 0 atom stereocenters. The van der Waals surface area contributed by atoms with E-state index in [-0.39, 0.29) is 23.0 Å². The molecule has 0 bridgehead atoms. The van der Waals surface area contributed by atoms with Crippen LogP contribution in [-0.4, -0.2) is 64.8 Å². The molecule has 12 nitrogen and oxygen atoms in total. The molecular weight excluding hydrogens is 586 g/mol. The number of H-pyrrole nitrogens is 1. The molecule has 12 heteroatoms. The minimum atomic E-state index is -1.20. The average molecular weight is 630 g/mol. The van der Waals surface area contributed by atoms with Crippen LogP contribution >= 0.6 is 0 Å². The van der Waals surface area contributed by atoms with Crippen molar-refractivity contribution >= 4 is 52.5 Å². The zero-order valence-corrected chi connectivity index (χ0v) is 27.6. The third-order valence-electron chi connectivity index (χ3n) is 8.77. The molecule has 0 radical (unpaired) electrons. The molecule has 0 unspecified atom stereocenters. The summed E-state index contributed by atoms with van der Waals surface area (Å²) in [6.07, 6.45) is 2.56. The summed E-state index contributed by atoms with van der Waals surface area (Å²) < 4.78 is 5.34. The lowest BCUT2D eigenvalue weighted by Crippen LogP contribution is -2.35. The number of fused-ring (bicyclic) bond motifs is 1. The molecule has 1 aliphatic heterocycles. The number of carbonyl (C=O) groups is 4. The van der Waals surface area contributed by atoms with Crippen LogP contribution in [0.25, 0.3) is 11.6 Å². The number of aromatic nitrogens is 2. The maximum Gasteiger partial charge on any atom is 0.256 e.